The summed E-state index contributed by atoms with van der Waals surface area (Å²) in [7, 11) is 1.66. The molecule has 1 aliphatic carbocycles. The van der Waals surface area contributed by atoms with Crippen molar-refractivity contribution < 1.29 is 14.3 Å². The van der Waals surface area contributed by atoms with E-state index in [9.17, 15) is 4.79 Å². The van der Waals surface area contributed by atoms with Gasteiger partial charge >= 0.3 is 0 Å². The van der Waals surface area contributed by atoms with Crippen molar-refractivity contribution in [1.82, 2.24) is 4.90 Å². The van der Waals surface area contributed by atoms with Crippen molar-refractivity contribution >= 4 is 17.2 Å². The van der Waals surface area contributed by atoms with Gasteiger partial charge in [0.15, 0.2) is 0 Å². The Kier molecular flexibility index (Phi) is 4.32. The highest BCUT2D eigenvalue weighted by Crippen LogP contribution is 2.43. The first-order chi connectivity index (χ1) is 13.7. The molecule has 3 aromatic rings. The van der Waals surface area contributed by atoms with Crippen LogP contribution in [-0.4, -0.2) is 24.0 Å². The van der Waals surface area contributed by atoms with Crippen LogP contribution >= 0.6 is 11.3 Å². The molecule has 2 aliphatic rings. The number of ether oxygens (including phenoxy) is 2. The number of carbonyl (C=O) groups excluding carboxylic acids is 1. The number of thiophene rings is 1. The average Bonchev–Trinajstić information content (AvgIpc) is 3.49. The summed E-state index contributed by atoms with van der Waals surface area (Å²) in [5.41, 5.74) is 3.31. The molecule has 0 N–H and O–H groups in total. The standard InChI is InChI=1S/C23H21NO3S/c1-26-18-10-6-15(7-11-18)13-24(17-8-9-17)23(25)21-12-16-14-27-20-5-3-2-4-19(20)22(16)28-21/h2-7,10-12,17H,8-9,13-14H2,1H3. The highest BCUT2D eigenvalue weighted by molar-refractivity contribution is 7.17. The van der Waals surface area contributed by atoms with E-state index in [4.69, 9.17) is 9.47 Å². The predicted molar refractivity (Wildman–Crippen MR) is 110 cm³/mol. The zero-order chi connectivity index (χ0) is 19.1. The largest absolute Gasteiger partial charge is 0.497 e. The molecule has 5 rings (SSSR count). The fourth-order valence-electron chi connectivity index (χ4n) is 3.63. The van der Waals surface area contributed by atoms with E-state index in [-0.39, 0.29) is 5.91 Å². The number of rotatable bonds is 5. The maximum atomic E-state index is 13.4. The van der Waals surface area contributed by atoms with Crippen LogP contribution in [0.2, 0.25) is 0 Å². The molecule has 5 heteroatoms. The molecule has 0 atom stereocenters. The first-order valence-electron chi connectivity index (χ1n) is 9.52. The smallest absolute Gasteiger partial charge is 0.264 e. The summed E-state index contributed by atoms with van der Waals surface area (Å²) >= 11 is 1.59. The van der Waals surface area contributed by atoms with E-state index in [2.05, 4.69) is 6.07 Å². The Balaban J connectivity index is 1.42. The van der Waals surface area contributed by atoms with Gasteiger partial charge in [0, 0.05) is 28.6 Å². The van der Waals surface area contributed by atoms with Gasteiger partial charge in [0.2, 0.25) is 0 Å². The van der Waals surface area contributed by atoms with E-state index < -0.39 is 0 Å². The first kappa shape index (κ1) is 17.3. The summed E-state index contributed by atoms with van der Waals surface area (Å²) in [6.45, 7) is 1.15. The van der Waals surface area contributed by atoms with Crippen LogP contribution in [0, 0.1) is 0 Å². The highest BCUT2D eigenvalue weighted by atomic mass is 32.1. The normalized spacial score (nSPS) is 14.6. The molecule has 1 aliphatic heterocycles. The predicted octanol–water partition coefficient (Wildman–Crippen LogP) is 5.12. The monoisotopic (exact) mass is 391 g/mol. The van der Waals surface area contributed by atoms with Crippen molar-refractivity contribution in [1.29, 1.82) is 0 Å². The van der Waals surface area contributed by atoms with Crippen LogP contribution in [0.25, 0.3) is 10.4 Å². The van der Waals surface area contributed by atoms with E-state index in [1.165, 1.54) is 0 Å². The number of fused-ring (bicyclic) bond motifs is 3. The Morgan fingerprint density at radius 3 is 2.71 bits per heavy atom. The molecule has 1 aromatic heterocycles. The lowest BCUT2D eigenvalue weighted by Crippen LogP contribution is -2.32. The Labute approximate surface area is 168 Å². The second-order valence-corrected chi connectivity index (χ2v) is 8.31. The van der Waals surface area contributed by atoms with Gasteiger partial charge in [-0.05, 0) is 48.7 Å². The summed E-state index contributed by atoms with van der Waals surface area (Å²) in [4.78, 5) is 17.3. The summed E-state index contributed by atoms with van der Waals surface area (Å²) in [6, 6.07) is 18.4. The minimum atomic E-state index is 0.121. The van der Waals surface area contributed by atoms with Crippen molar-refractivity contribution in [2.75, 3.05) is 7.11 Å². The number of benzene rings is 2. The molecule has 0 unspecified atom stereocenters. The van der Waals surface area contributed by atoms with Crippen LogP contribution in [0.15, 0.2) is 54.6 Å². The van der Waals surface area contributed by atoms with Gasteiger partial charge in [-0.2, -0.15) is 0 Å². The molecule has 28 heavy (non-hydrogen) atoms. The van der Waals surface area contributed by atoms with Crippen LogP contribution in [0.5, 0.6) is 11.5 Å². The molecule has 1 saturated carbocycles. The number of para-hydroxylation sites is 1. The van der Waals surface area contributed by atoms with Gasteiger partial charge in [0.25, 0.3) is 5.91 Å². The Morgan fingerprint density at radius 2 is 1.96 bits per heavy atom. The number of amides is 1. The number of hydrogen-bond acceptors (Lipinski definition) is 4. The average molecular weight is 391 g/mol. The van der Waals surface area contributed by atoms with E-state index in [0.29, 0.717) is 19.2 Å². The van der Waals surface area contributed by atoms with Gasteiger partial charge in [-0.25, -0.2) is 0 Å². The maximum absolute atomic E-state index is 13.4. The Hall–Kier alpha value is -2.79. The minimum absolute atomic E-state index is 0.121. The highest BCUT2D eigenvalue weighted by Gasteiger charge is 2.34. The van der Waals surface area contributed by atoms with Gasteiger partial charge in [0.1, 0.15) is 18.1 Å². The summed E-state index contributed by atoms with van der Waals surface area (Å²) in [6.07, 6.45) is 2.16. The van der Waals surface area contributed by atoms with Crippen molar-refractivity contribution in [3.8, 4) is 21.9 Å². The molecule has 0 saturated heterocycles. The van der Waals surface area contributed by atoms with Crippen molar-refractivity contribution in [3.63, 3.8) is 0 Å². The molecule has 0 radical (unpaired) electrons. The summed E-state index contributed by atoms with van der Waals surface area (Å²) < 4.78 is 11.1. The molecule has 4 nitrogen and oxygen atoms in total. The van der Waals surface area contributed by atoms with Crippen LogP contribution in [-0.2, 0) is 13.2 Å². The van der Waals surface area contributed by atoms with Gasteiger partial charge < -0.3 is 14.4 Å². The molecular formula is C23H21NO3S. The topological polar surface area (TPSA) is 38.8 Å². The maximum Gasteiger partial charge on any atom is 0.264 e. The van der Waals surface area contributed by atoms with Crippen LogP contribution in [0.4, 0.5) is 0 Å². The summed E-state index contributed by atoms with van der Waals surface area (Å²) in [5.74, 6) is 1.85. The lowest BCUT2D eigenvalue weighted by Gasteiger charge is -2.22. The number of nitrogens with zero attached hydrogens (tertiary/aromatic N) is 1. The number of methoxy groups -OCH3 is 1. The Morgan fingerprint density at radius 1 is 1.18 bits per heavy atom. The fraction of sp³-hybridized carbons (Fsp3) is 0.261. The minimum Gasteiger partial charge on any atom is -0.497 e. The van der Waals surface area contributed by atoms with Crippen molar-refractivity contribution in [2.45, 2.75) is 32.0 Å². The Bertz CT molecular complexity index is 1020. The summed E-state index contributed by atoms with van der Waals surface area (Å²) in [5, 5.41) is 0. The van der Waals surface area contributed by atoms with Crippen LogP contribution in [0.3, 0.4) is 0 Å². The molecule has 0 spiro atoms. The molecule has 142 valence electrons. The SMILES string of the molecule is COc1ccc(CN(C(=O)c2cc3c(s2)-c2ccccc2OC3)C2CC2)cc1. The van der Waals surface area contributed by atoms with Gasteiger partial charge in [-0.1, -0.05) is 24.3 Å². The zero-order valence-corrected chi connectivity index (χ0v) is 16.5. The zero-order valence-electron chi connectivity index (χ0n) is 15.7. The van der Waals surface area contributed by atoms with E-state index >= 15 is 0 Å². The van der Waals surface area contributed by atoms with Crippen molar-refractivity contribution in [2.24, 2.45) is 0 Å². The second kappa shape index (κ2) is 6.99. The first-order valence-corrected chi connectivity index (χ1v) is 10.3. The van der Waals surface area contributed by atoms with E-state index in [1.54, 1.807) is 18.4 Å². The lowest BCUT2D eigenvalue weighted by molar-refractivity contribution is 0.0735. The number of carbonyl (C=O) groups is 1. The molecule has 2 aromatic carbocycles. The molecule has 2 heterocycles. The van der Waals surface area contributed by atoms with Gasteiger partial charge in [-0.15, -0.1) is 11.3 Å². The second-order valence-electron chi connectivity index (χ2n) is 7.26. The van der Waals surface area contributed by atoms with Gasteiger partial charge in [-0.3, -0.25) is 4.79 Å². The van der Waals surface area contributed by atoms with E-state index in [0.717, 1.165) is 50.8 Å². The van der Waals surface area contributed by atoms with Crippen LogP contribution in [0.1, 0.15) is 33.6 Å². The number of hydrogen-bond donors (Lipinski definition) is 0. The van der Waals surface area contributed by atoms with Crippen molar-refractivity contribution in [3.05, 3.63) is 70.6 Å². The molecular weight excluding hydrogens is 370 g/mol. The third-order valence-corrected chi connectivity index (χ3v) is 6.49. The quantitative estimate of drug-likeness (QED) is 0.606. The third kappa shape index (κ3) is 3.16. The van der Waals surface area contributed by atoms with Gasteiger partial charge in [0.05, 0.1) is 12.0 Å². The molecule has 0 bridgehead atoms. The van der Waals surface area contributed by atoms with E-state index in [1.807, 2.05) is 53.4 Å². The molecule has 1 fully saturated rings. The van der Waals surface area contributed by atoms with Crippen LogP contribution < -0.4 is 9.47 Å². The lowest BCUT2D eigenvalue weighted by atomic mass is 10.1. The third-order valence-electron chi connectivity index (χ3n) is 5.30. The molecule has 1 amide bonds. The fourth-order valence-corrected chi connectivity index (χ4v) is 4.78.